The lowest BCUT2D eigenvalue weighted by Gasteiger charge is -2.59. The van der Waals surface area contributed by atoms with E-state index in [1.165, 1.54) is 24.3 Å². The molecule has 64 heavy (non-hydrogen) atoms. The van der Waals surface area contributed by atoms with Crippen LogP contribution in [-0.2, 0) is 27.5 Å². The van der Waals surface area contributed by atoms with Crippen LogP contribution < -0.4 is 9.47 Å². The van der Waals surface area contributed by atoms with Gasteiger partial charge in [-0.2, -0.15) is 0 Å². The van der Waals surface area contributed by atoms with Crippen molar-refractivity contribution in [2.75, 3.05) is 26.4 Å². The number of non-ortho nitro benzene ring substituents is 1. The fraction of sp³-hybridized carbons (Fsp3) is 0.400. The minimum atomic E-state index is -1.57. The van der Waals surface area contributed by atoms with Crippen LogP contribution >= 0.6 is 0 Å². The van der Waals surface area contributed by atoms with Crippen molar-refractivity contribution in [3.8, 4) is 17.2 Å². The van der Waals surface area contributed by atoms with Crippen molar-refractivity contribution in [1.29, 1.82) is 0 Å². The zero-order valence-corrected chi connectivity index (χ0v) is 36.1. The number of nitro groups is 1. The molecule has 1 amide bonds. The number of aliphatic hydroxyl groups is 2. The van der Waals surface area contributed by atoms with Crippen molar-refractivity contribution in [1.82, 2.24) is 4.90 Å². The number of allylic oxidation sites excluding steroid dienone is 1. The van der Waals surface area contributed by atoms with Crippen LogP contribution in [-0.4, -0.2) is 70.1 Å². The zero-order valence-electron chi connectivity index (χ0n) is 36.1. The second-order valence-electron chi connectivity index (χ2n) is 16.3. The van der Waals surface area contributed by atoms with E-state index in [0.29, 0.717) is 48.5 Å². The van der Waals surface area contributed by atoms with Gasteiger partial charge in [-0.15, -0.1) is 6.58 Å². The Morgan fingerprint density at radius 3 is 2.44 bits per heavy atom. The summed E-state index contributed by atoms with van der Waals surface area (Å²) in [5.74, 6) is -1.85. The number of nitro benzene ring substituents is 1. The van der Waals surface area contributed by atoms with Gasteiger partial charge in [0, 0.05) is 43.7 Å². The molecular formula is C50H56FN3O10. The van der Waals surface area contributed by atoms with Gasteiger partial charge in [0.25, 0.3) is 5.69 Å². The summed E-state index contributed by atoms with van der Waals surface area (Å²) in [5, 5.41) is 36.4. The molecule has 4 aromatic carbocycles. The monoisotopic (exact) mass is 877 g/mol. The Balaban J connectivity index is 1.45. The van der Waals surface area contributed by atoms with E-state index < -0.39 is 34.6 Å². The molecule has 1 saturated carbocycles. The van der Waals surface area contributed by atoms with Crippen molar-refractivity contribution in [3.05, 3.63) is 154 Å². The summed E-state index contributed by atoms with van der Waals surface area (Å²) in [6, 6.07) is 26.2. The molecule has 0 saturated heterocycles. The van der Waals surface area contributed by atoms with Crippen molar-refractivity contribution < 1.29 is 48.1 Å². The predicted molar refractivity (Wildman–Crippen MR) is 238 cm³/mol. The van der Waals surface area contributed by atoms with Crippen LogP contribution in [0.5, 0.6) is 17.2 Å². The average Bonchev–Trinajstić information content (AvgIpc) is 3.30. The second-order valence-corrected chi connectivity index (χ2v) is 16.3. The Morgan fingerprint density at radius 2 is 1.72 bits per heavy atom. The van der Waals surface area contributed by atoms with Gasteiger partial charge in [0.05, 0.1) is 35.8 Å². The Bertz CT molecular complexity index is 2290. The second kappa shape index (κ2) is 21.5. The molecule has 0 aromatic heterocycles. The van der Waals surface area contributed by atoms with Crippen LogP contribution in [0.3, 0.4) is 0 Å². The van der Waals surface area contributed by atoms with E-state index >= 15 is 0 Å². The average molecular weight is 878 g/mol. The fourth-order valence-electron chi connectivity index (χ4n) is 9.56. The first-order valence-electron chi connectivity index (χ1n) is 22.0. The number of oxime groups is 1. The van der Waals surface area contributed by atoms with E-state index in [-0.39, 0.29) is 75.2 Å². The first kappa shape index (κ1) is 45.9. The largest absolute Gasteiger partial charge is 0.459 e. The summed E-state index contributed by atoms with van der Waals surface area (Å²) in [6.45, 7) is 6.16. The molecule has 1 heterocycles. The molecule has 338 valence electrons. The fourth-order valence-corrected chi connectivity index (χ4v) is 9.56. The van der Waals surface area contributed by atoms with Gasteiger partial charge in [0.2, 0.25) is 5.79 Å². The molecule has 7 rings (SSSR count). The summed E-state index contributed by atoms with van der Waals surface area (Å²) in [4.78, 5) is 33.4. The Morgan fingerprint density at radius 1 is 0.969 bits per heavy atom. The highest BCUT2D eigenvalue weighted by atomic mass is 19.1. The van der Waals surface area contributed by atoms with Gasteiger partial charge >= 0.3 is 6.09 Å². The molecule has 0 unspecified atom stereocenters. The van der Waals surface area contributed by atoms with E-state index in [1.54, 1.807) is 54.3 Å². The van der Waals surface area contributed by atoms with Gasteiger partial charge in [-0.1, -0.05) is 78.7 Å². The Hall–Kier alpha value is -6.09. The van der Waals surface area contributed by atoms with E-state index in [1.807, 2.05) is 36.4 Å². The van der Waals surface area contributed by atoms with Crippen LogP contribution in [0.1, 0.15) is 74.5 Å². The normalized spacial score (nSPS) is 22.6. The molecule has 14 heteroatoms. The number of amides is 1. The lowest BCUT2D eigenvalue weighted by molar-refractivity contribution is -0.384. The molecule has 0 bridgehead atoms. The minimum absolute atomic E-state index is 0.0213. The molecule has 1 fully saturated rings. The van der Waals surface area contributed by atoms with Gasteiger partial charge in [0.1, 0.15) is 35.7 Å². The first-order chi connectivity index (χ1) is 31.2. The number of hydrogen-bond acceptors (Lipinski definition) is 11. The summed E-state index contributed by atoms with van der Waals surface area (Å²) in [6.07, 6.45) is 7.52. The van der Waals surface area contributed by atoms with Crippen LogP contribution in [0.2, 0.25) is 0 Å². The number of halogens is 1. The van der Waals surface area contributed by atoms with E-state index in [0.717, 1.165) is 29.5 Å². The molecular weight excluding hydrogens is 822 g/mol. The van der Waals surface area contributed by atoms with Crippen LogP contribution in [0.15, 0.2) is 127 Å². The SMILES string of the molecule is C=CCO[C@@]12Oc3ccc(Oc4cccc([N+](=O)[O-])c4)cc3[C@H]3[C@H](CCCCO)[C@@H](CCCCO)C=C(C(=NOCc4ccccc4)C[C@@H]1N(Cc1ccc(F)cc1)C(=O)OCC)[C@H]32. The molecule has 13 nitrogen and oxygen atoms in total. The third-order valence-corrected chi connectivity index (χ3v) is 12.3. The summed E-state index contributed by atoms with van der Waals surface area (Å²) in [5.41, 5.74) is 3.70. The Kier molecular flexibility index (Phi) is 15.4. The molecule has 0 radical (unpaired) electrons. The maximum Gasteiger partial charge on any atom is 0.410 e. The van der Waals surface area contributed by atoms with Gasteiger partial charge in [0.15, 0.2) is 0 Å². The van der Waals surface area contributed by atoms with Crippen LogP contribution in [0.25, 0.3) is 0 Å². The topological polar surface area (TPSA) is 162 Å². The number of nitrogens with zero attached hydrogens (tertiary/aromatic N) is 3. The van der Waals surface area contributed by atoms with Crippen molar-refractivity contribution in [2.24, 2.45) is 22.9 Å². The molecule has 1 aliphatic heterocycles. The van der Waals surface area contributed by atoms with E-state index in [2.05, 4.69) is 12.7 Å². The third-order valence-electron chi connectivity index (χ3n) is 12.3. The zero-order chi connectivity index (χ0) is 45.1. The number of fused-ring (bicyclic) bond motifs is 2. The molecule has 2 N–H and O–H groups in total. The number of aliphatic hydroxyl groups excluding tert-OH is 2. The van der Waals surface area contributed by atoms with Crippen molar-refractivity contribution in [3.63, 3.8) is 0 Å². The third kappa shape index (κ3) is 10.3. The van der Waals surface area contributed by atoms with Gasteiger partial charge in [-0.25, -0.2) is 9.18 Å². The highest BCUT2D eigenvalue weighted by Gasteiger charge is 2.65. The number of hydrogen-bond donors (Lipinski definition) is 2. The summed E-state index contributed by atoms with van der Waals surface area (Å²) >= 11 is 0. The Labute approximate surface area is 372 Å². The smallest absolute Gasteiger partial charge is 0.410 e. The molecule has 3 aliphatic rings. The molecule has 0 spiro atoms. The number of carbonyl (C=O) groups excluding carboxylic acids is 1. The highest BCUT2D eigenvalue weighted by Crippen LogP contribution is 2.62. The predicted octanol–water partition coefficient (Wildman–Crippen LogP) is 10.0. The van der Waals surface area contributed by atoms with Gasteiger partial charge in [-0.05, 0) is 97.5 Å². The number of benzene rings is 4. The molecule has 4 aromatic rings. The summed E-state index contributed by atoms with van der Waals surface area (Å²) in [7, 11) is 0. The lowest BCUT2D eigenvalue weighted by Crippen LogP contribution is -2.70. The van der Waals surface area contributed by atoms with E-state index in [9.17, 15) is 29.5 Å². The molecule has 6 atom stereocenters. The quantitative estimate of drug-likeness (QED) is 0.0357. The number of carbonyl (C=O) groups is 1. The van der Waals surface area contributed by atoms with Crippen molar-refractivity contribution in [2.45, 2.75) is 82.8 Å². The highest BCUT2D eigenvalue weighted by molar-refractivity contribution is 6.03. The maximum atomic E-state index is 14.4. The summed E-state index contributed by atoms with van der Waals surface area (Å²) < 4.78 is 40.7. The lowest BCUT2D eigenvalue weighted by atomic mass is 9.55. The van der Waals surface area contributed by atoms with Crippen LogP contribution in [0, 0.1) is 33.7 Å². The minimum Gasteiger partial charge on any atom is -0.459 e. The molecule has 2 aliphatic carbocycles. The number of rotatable bonds is 21. The number of ether oxygens (including phenoxy) is 4. The van der Waals surface area contributed by atoms with Gasteiger partial charge < -0.3 is 34.0 Å². The van der Waals surface area contributed by atoms with Crippen LogP contribution in [0.4, 0.5) is 14.9 Å². The maximum absolute atomic E-state index is 14.4. The number of unbranched alkanes of at least 4 members (excludes halogenated alkanes) is 2. The standard InChI is InChI=1S/C50H56FN3O10/c1-3-27-61-50-46(53(49(57)60-4-2)32-34-19-21-37(51)22-20-34)31-44(52-62-33-35-13-6-5-7-14-35)42-28-36(15-8-10-25-55)41(18-9-11-26-56)47(48(42)50)43-30-40(23-24-45(43)64-50)63-39-17-12-16-38(29-39)54(58)59/h3,5-7,12-14,16-17,19-24,28-30,36,41,46-48,55-56H,1,4,8-11,15,18,25-27,31-33H2,2H3/t36-,41+,46-,47+,48+,50+/m0/s1. The van der Waals surface area contributed by atoms with E-state index in [4.69, 9.17) is 28.9 Å². The van der Waals surface area contributed by atoms with Crippen molar-refractivity contribution >= 4 is 17.5 Å². The first-order valence-corrected chi connectivity index (χ1v) is 22.0. The van der Waals surface area contributed by atoms with Gasteiger partial charge in [-0.3, -0.25) is 15.0 Å².